The lowest BCUT2D eigenvalue weighted by molar-refractivity contribution is -0.576. The SMILES string of the molecule is CN1C(=O)OC(C)(C)C1=O.CN[C@H]1CC[C@@H](c2ccc(Cl)c(Cl)c2)c2ccccc21.Nc1cc(N2CCCCC2)nc(N)[n+]1[O-]. The smallest absolute Gasteiger partial charge is 0.417 e. The Kier molecular flexibility index (Phi) is 11.0. The van der Waals surface area contributed by atoms with E-state index < -0.39 is 11.7 Å². The summed E-state index contributed by atoms with van der Waals surface area (Å²) in [6, 6.07) is 16.7. The second-order valence-electron chi connectivity index (χ2n) is 11.8. The molecule has 2 amide bonds. The van der Waals surface area contributed by atoms with Gasteiger partial charge in [-0.05, 0) is 81.8 Å². The molecule has 1 aromatic heterocycles. The lowest BCUT2D eigenvalue weighted by Gasteiger charge is -2.32. The molecule has 1 aliphatic carbocycles. The van der Waals surface area contributed by atoms with E-state index in [0.29, 0.717) is 32.6 Å². The summed E-state index contributed by atoms with van der Waals surface area (Å²) in [7, 11) is 3.43. The van der Waals surface area contributed by atoms with Crippen LogP contribution in [0.5, 0.6) is 0 Å². The van der Waals surface area contributed by atoms with Crippen molar-refractivity contribution in [3.05, 3.63) is 80.5 Å². The largest absolute Gasteiger partial charge is 0.754 e. The second kappa shape index (κ2) is 14.5. The summed E-state index contributed by atoms with van der Waals surface area (Å²) in [5.41, 5.74) is 14.1. The zero-order chi connectivity index (χ0) is 32.9. The number of imide groups is 1. The molecule has 242 valence electrons. The van der Waals surface area contributed by atoms with E-state index >= 15 is 0 Å². The van der Waals surface area contributed by atoms with E-state index in [0.717, 1.165) is 43.7 Å². The monoisotopic (exact) mass is 657 g/mol. The van der Waals surface area contributed by atoms with E-state index in [9.17, 15) is 14.8 Å². The van der Waals surface area contributed by atoms with Gasteiger partial charge in [-0.25, -0.2) is 14.4 Å². The number of halogens is 2. The van der Waals surface area contributed by atoms with Crippen molar-refractivity contribution in [3.8, 4) is 0 Å². The molecule has 3 aliphatic rings. The first-order valence-corrected chi connectivity index (χ1v) is 15.7. The number of hydrogen-bond donors (Lipinski definition) is 3. The maximum atomic E-state index is 11.2. The van der Waals surface area contributed by atoms with E-state index in [1.165, 1.54) is 30.2 Å². The summed E-state index contributed by atoms with van der Waals surface area (Å²) >= 11 is 12.2. The van der Waals surface area contributed by atoms with E-state index in [1.54, 1.807) is 19.9 Å². The number of fused-ring (bicyclic) bond motifs is 1. The van der Waals surface area contributed by atoms with E-state index in [1.807, 2.05) is 19.2 Å². The highest BCUT2D eigenvalue weighted by Gasteiger charge is 2.44. The highest BCUT2D eigenvalue weighted by Crippen LogP contribution is 2.42. The second-order valence-corrected chi connectivity index (χ2v) is 12.6. The number of likely N-dealkylation sites (N-methyl/N-ethyl adjacent to an activating group) is 1. The molecule has 0 unspecified atom stereocenters. The molecule has 0 spiro atoms. The highest BCUT2D eigenvalue weighted by atomic mass is 35.5. The summed E-state index contributed by atoms with van der Waals surface area (Å²) in [5.74, 6) is 0.832. The Bertz CT molecular complexity index is 1510. The lowest BCUT2D eigenvalue weighted by atomic mass is 9.77. The maximum Gasteiger partial charge on any atom is 0.417 e. The Balaban J connectivity index is 0.000000163. The number of aromatic nitrogens is 2. The lowest BCUT2D eigenvalue weighted by Crippen LogP contribution is -2.38. The van der Waals surface area contributed by atoms with E-state index in [4.69, 9.17) is 39.4 Å². The van der Waals surface area contributed by atoms with Crippen molar-refractivity contribution in [2.45, 2.75) is 63.5 Å². The number of nitrogens with two attached hydrogens (primary N) is 2. The molecule has 5 N–H and O–H groups in total. The molecule has 6 rings (SSSR count). The Morgan fingerprint density at radius 2 is 1.67 bits per heavy atom. The van der Waals surface area contributed by atoms with E-state index in [-0.39, 0.29) is 17.7 Å². The number of anilines is 3. The number of cyclic esters (lactones) is 1. The normalized spacial score (nSPS) is 20.3. The van der Waals surface area contributed by atoms with Gasteiger partial charge in [0.2, 0.25) is 0 Å². The summed E-state index contributed by atoms with van der Waals surface area (Å²) in [6.45, 7) is 5.04. The van der Waals surface area contributed by atoms with Crippen LogP contribution in [0, 0.1) is 5.21 Å². The van der Waals surface area contributed by atoms with Crippen LogP contribution >= 0.6 is 23.2 Å². The van der Waals surface area contributed by atoms with E-state index in [2.05, 4.69) is 45.5 Å². The molecule has 3 heterocycles. The van der Waals surface area contributed by atoms with Crippen molar-refractivity contribution in [1.29, 1.82) is 0 Å². The van der Waals surface area contributed by atoms with Crippen LogP contribution in [0.15, 0.2) is 48.5 Å². The fourth-order valence-electron chi connectivity index (χ4n) is 5.79. The third kappa shape index (κ3) is 7.89. The number of amides is 2. The minimum absolute atomic E-state index is 0.0874. The minimum Gasteiger partial charge on any atom is -0.754 e. The number of nitrogens with zero attached hydrogens (tertiary/aromatic N) is 4. The zero-order valence-corrected chi connectivity index (χ0v) is 27.6. The van der Waals surface area contributed by atoms with Crippen molar-refractivity contribution in [3.63, 3.8) is 0 Å². The van der Waals surface area contributed by atoms with Gasteiger partial charge in [0, 0.05) is 32.1 Å². The molecule has 2 saturated heterocycles. The van der Waals surface area contributed by atoms with Gasteiger partial charge in [-0.2, -0.15) is 0 Å². The molecular weight excluding hydrogens is 617 g/mol. The molecule has 2 fully saturated rings. The Morgan fingerprint density at radius 3 is 2.20 bits per heavy atom. The first-order chi connectivity index (χ1) is 21.3. The van der Waals surface area contributed by atoms with Gasteiger partial charge in [0.1, 0.15) is 0 Å². The Hall–Kier alpha value is -3.80. The number of benzene rings is 2. The molecule has 0 bridgehead atoms. The number of piperidine rings is 1. The number of hydrogen-bond acceptors (Lipinski definition) is 9. The topological polar surface area (TPSA) is 154 Å². The minimum atomic E-state index is -0.966. The third-order valence-corrected chi connectivity index (χ3v) is 8.99. The number of nitrogen functional groups attached to an aromatic ring is 2. The van der Waals surface area contributed by atoms with Gasteiger partial charge in [-0.3, -0.25) is 4.79 Å². The number of nitrogens with one attached hydrogen (secondary N) is 1. The quantitative estimate of drug-likeness (QED) is 0.247. The maximum absolute atomic E-state index is 11.2. The molecule has 11 nitrogen and oxygen atoms in total. The van der Waals surface area contributed by atoms with Crippen molar-refractivity contribution < 1.29 is 19.1 Å². The molecule has 45 heavy (non-hydrogen) atoms. The average Bonchev–Trinajstić information content (AvgIpc) is 3.21. The van der Waals surface area contributed by atoms with Gasteiger partial charge in [-0.1, -0.05) is 58.5 Å². The van der Waals surface area contributed by atoms with Gasteiger partial charge >= 0.3 is 12.0 Å². The first kappa shape index (κ1) is 34.1. The zero-order valence-electron chi connectivity index (χ0n) is 26.1. The number of carbonyl (C=O) groups is 2. The molecule has 0 radical (unpaired) electrons. The molecular formula is C32H41Cl2N7O4. The van der Waals surface area contributed by atoms with Crippen molar-refractivity contribution in [2.75, 3.05) is 43.6 Å². The van der Waals surface area contributed by atoms with Crippen LogP contribution in [0.25, 0.3) is 0 Å². The van der Waals surface area contributed by atoms with Gasteiger partial charge in [0.05, 0.1) is 16.1 Å². The van der Waals surface area contributed by atoms with Crippen LogP contribution in [-0.2, 0) is 9.53 Å². The van der Waals surface area contributed by atoms with Gasteiger partial charge < -0.3 is 31.6 Å². The summed E-state index contributed by atoms with van der Waals surface area (Å²) < 4.78 is 5.15. The van der Waals surface area contributed by atoms with Crippen LogP contribution in [0.4, 0.5) is 22.4 Å². The Morgan fingerprint density at radius 1 is 1.00 bits per heavy atom. The number of carbonyl (C=O) groups excluding carboxylic acids is 2. The Labute approximate surface area is 274 Å². The van der Waals surface area contributed by atoms with Crippen LogP contribution in [0.2, 0.25) is 10.0 Å². The summed E-state index contributed by atoms with van der Waals surface area (Å²) in [6.07, 6.45) is 5.23. The average molecular weight is 659 g/mol. The summed E-state index contributed by atoms with van der Waals surface area (Å²) in [5, 5.41) is 15.8. The summed E-state index contributed by atoms with van der Waals surface area (Å²) in [4.78, 5) is 28.8. The van der Waals surface area contributed by atoms with Crippen LogP contribution in [0.3, 0.4) is 0 Å². The molecule has 2 aromatic carbocycles. The van der Waals surface area contributed by atoms with Crippen LogP contribution < -0.4 is 26.4 Å². The molecule has 0 saturated carbocycles. The molecule has 3 aromatic rings. The fourth-order valence-corrected chi connectivity index (χ4v) is 6.09. The predicted molar refractivity (Wildman–Crippen MR) is 177 cm³/mol. The first-order valence-electron chi connectivity index (χ1n) is 15.0. The van der Waals surface area contributed by atoms with Crippen molar-refractivity contribution in [2.24, 2.45) is 0 Å². The van der Waals surface area contributed by atoms with Gasteiger partial charge in [0.15, 0.2) is 17.2 Å². The van der Waals surface area contributed by atoms with Crippen molar-refractivity contribution in [1.82, 2.24) is 15.2 Å². The number of rotatable bonds is 3. The van der Waals surface area contributed by atoms with Crippen molar-refractivity contribution >= 4 is 52.8 Å². The van der Waals surface area contributed by atoms with Gasteiger partial charge in [-0.15, -0.1) is 0 Å². The van der Waals surface area contributed by atoms with Crippen LogP contribution in [0.1, 0.15) is 74.6 Å². The molecule has 2 atom stereocenters. The molecule has 2 aliphatic heterocycles. The number of ether oxygens (including phenoxy) is 1. The molecule has 13 heteroatoms. The predicted octanol–water partition coefficient (Wildman–Crippen LogP) is 5.42. The fraction of sp³-hybridized carbons (Fsp3) is 0.438. The third-order valence-electron chi connectivity index (χ3n) is 8.25. The standard InChI is InChI=1S/C17H17Cl2N.C9H15N5O.C6H9NO3/c1-20-17-9-7-12(13-4-2-3-5-14(13)17)11-6-8-15(18)16(19)10-11;10-7-6-8(12-9(11)14(7)15)13-4-2-1-3-5-13;1-6(2)4(8)7(3)5(9)10-6/h2-6,8,10,12,17,20H,7,9H2,1H3;6H,1-5,10H2,(H2,11,12);1-3H3/t12-,17-;;/m0../s1. The van der Waals surface area contributed by atoms with Gasteiger partial charge in [0.25, 0.3) is 5.91 Å². The van der Waals surface area contributed by atoms with Crippen LogP contribution in [-0.4, -0.2) is 54.7 Å². The highest BCUT2D eigenvalue weighted by molar-refractivity contribution is 6.42.